The lowest BCUT2D eigenvalue weighted by Gasteiger charge is -2.09. The lowest BCUT2D eigenvalue weighted by atomic mass is 9.97. The van der Waals surface area contributed by atoms with E-state index in [-0.39, 0.29) is 0 Å². The molecule has 8 aromatic rings. The molecule has 2 aromatic heterocycles. The Kier molecular flexibility index (Phi) is 4.34. The molecular formula is C32H17IS2. The molecule has 0 saturated heterocycles. The molecule has 0 saturated carbocycles. The minimum absolute atomic E-state index is 1.28. The maximum absolute atomic E-state index is 2.45. The van der Waals surface area contributed by atoms with E-state index in [1.807, 2.05) is 22.7 Å². The topological polar surface area (TPSA) is 0 Å². The lowest BCUT2D eigenvalue weighted by Crippen LogP contribution is -1.84. The zero-order chi connectivity index (χ0) is 23.1. The summed E-state index contributed by atoms with van der Waals surface area (Å²) < 4.78 is 6.76. The Morgan fingerprint density at radius 1 is 0.457 bits per heavy atom. The third-order valence-electron chi connectivity index (χ3n) is 7.13. The van der Waals surface area contributed by atoms with Gasteiger partial charge in [-0.25, -0.2) is 0 Å². The summed E-state index contributed by atoms with van der Waals surface area (Å²) in [5.74, 6) is 0. The van der Waals surface area contributed by atoms with Crippen LogP contribution >= 0.6 is 45.3 Å². The Labute approximate surface area is 223 Å². The van der Waals surface area contributed by atoms with E-state index in [1.54, 1.807) is 0 Å². The van der Waals surface area contributed by atoms with Crippen molar-refractivity contribution < 1.29 is 0 Å². The number of benzene rings is 6. The quantitative estimate of drug-likeness (QED) is 0.166. The molecule has 164 valence electrons. The van der Waals surface area contributed by atoms with Crippen molar-refractivity contribution in [1.29, 1.82) is 0 Å². The van der Waals surface area contributed by atoms with Gasteiger partial charge in [-0.15, -0.1) is 22.7 Å². The van der Waals surface area contributed by atoms with Gasteiger partial charge in [-0.3, -0.25) is 0 Å². The predicted molar refractivity (Wildman–Crippen MR) is 165 cm³/mol. The van der Waals surface area contributed by atoms with Gasteiger partial charge in [0.1, 0.15) is 0 Å². The molecule has 35 heavy (non-hydrogen) atoms. The van der Waals surface area contributed by atoms with E-state index >= 15 is 0 Å². The maximum atomic E-state index is 2.45. The summed E-state index contributed by atoms with van der Waals surface area (Å²) in [5.41, 5.74) is 2.58. The molecule has 0 spiro atoms. The standard InChI is InChI=1S/C32H17IS2/c33-27-12-11-20(22-7-3-4-8-23(22)27)19-10-13-28-24(15-19)25-16-26-31(17-30(25)34-28)35-29-14-9-18-5-1-2-6-21(18)32(26)29/h1-17H. The molecule has 0 aliphatic carbocycles. The van der Waals surface area contributed by atoms with Crippen LogP contribution < -0.4 is 0 Å². The highest BCUT2D eigenvalue weighted by molar-refractivity contribution is 14.1. The molecule has 6 aromatic carbocycles. The fourth-order valence-corrected chi connectivity index (χ4v) is 8.47. The second kappa shape index (κ2) is 7.50. The van der Waals surface area contributed by atoms with Crippen LogP contribution in [0.1, 0.15) is 0 Å². The van der Waals surface area contributed by atoms with Crippen molar-refractivity contribution in [2.75, 3.05) is 0 Å². The van der Waals surface area contributed by atoms with E-state index in [4.69, 9.17) is 0 Å². The van der Waals surface area contributed by atoms with Crippen molar-refractivity contribution in [3.63, 3.8) is 0 Å². The van der Waals surface area contributed by atoms with Crippen molar-refractivity contribution in [2.24, 2.45) is 0 Å². The highest BCUT2D eigenvalue weighted by atomic mass is 127. The van der Waals surface area contributed by atoms with Crippen LogP contribution in [0, 0.1) is 3.57 Å². The highest BCUT2D eigenvalue weighted by Crippen LogP contribution is 2.44. The van der Waals surface area contributed by atoms with Crippen molar-refractivity contribution >= 4 is 107 Å². The maximum Gasteiger partial charge on any atom is 0.0370 e. The normalized spacial score (nSPS) is 12.1. The van der Waals surface area contributed by atoms with Crippen LogP contribution in [0.2, 0.25) is 0 Å². The molecule has 0 nitrogen and oxygen atoms in total. The molecule has 0 unspecified atom stereocenters. The molecule has 8 rings (SSSR count). The molecule has 0 amide bonds. The Bertz CT molecular complexity index is 2130. The first kappa shape index (κ1) is 20.2. The molecule has 3 heteroatoms. The molecule has 0 atom stereocenters. The summed E-state index contributed by atoms with van der Waals surface area (Å²) in [6, 6.07) is 38.4. The molecule has 0 N–H and O–H groups in total. The summed E-state index contributed by atoms with van der Waals surface area (Å²) >= 11 is 6.26. The summed E-state index contributed by atoms with van der Waals surface area (Å²) in [6.45, 7) is 0. The summed E-state index contributed by atoms with van der Waals surface area (Å²) in [4.78, 5) is 0. The minimum Gasteiger partial charge on any atom is -0.135 e. The average Bonchev–Trinajstić information content (AvgIpc) is 3.44. The van der Waals surface area contributed by atoms with E-state index in [0.29, 0.717) is 0 Å². The van der Waals surface area contributed by atoms with Crippen molar-refractivity contribution in [2.45, 2.75) is 0 Å². The minimum atomic E-state index is 1.28. The summed E-state index contributed by atoms with van der Waals surface area (Å²) in [5, 5.41) is 10.8. The van der Waals surface area contributed by atoms with Crippen LogP contribution in [-0.2, 0) is 0 Å². The predicted octanol–water partition coefficient (Wildman–Crippen LogP) is 11.0. The highest BCUT2D eigenvalue weighted by Gasteiger charge is 2.14. The van der Waals surface area contributed by atoms with Crippen LogP contribution in [0.5, 0.6) is 0 Å². The third kappa shape index (κ3) is 2.95. The van der Waals surface area contributed by atoms with Crippen molar-refractivity contribution in [3.8, 4) is 11.1 Å². The monoisotopic (exact) mass is 592 g/mol. The second-order valence-electron chi connectivity index (χ2n) is 9.06. The van der Waals surface area contributed by atoms with Crippen LogP contribution in [0.3, 0.4) is 0 Å². The van der Waals surface area contributed by atoms with E-state index in [2.05, 4.69) is 126 Å². The van der Waals surface area contributed by atoms with E-state index in [1.165, 1.54) is 76.6 Å². The fourth-order valence-electron chi connectivity index (χ4n) is 5.50. The number of hydrogen-bond donors (Lipinski definition) is 0. The third-order valence-corrected chi connectivity index (χ3v) is 10.3. The molecule has 0 radical (unpaired) electrons. The number of thiophene rings is 2. The molecular weight excluding hydrogens is 575 g/mol. The second-order valence-corrected chi connectivity index (χ2v) is 12.4. The first-order chi connectivity index (χ1) is 17.2. The summed E-state index contributed by atoms with van der Waals surface area (Å²) in [6.07, 6.45) is 0. The fraction of sp³-hybridized carbons (Fsp3) is 0. The first-order valence-electron chi connectivity index (χ1n) is 11.6. The summed E-state index contributed by atoms with van der Waals surface area (Å²) in [7, 11) is 0. The van der Waals surface area contributed by atoms with Gasteiger partial charge in [0.05, 0.1) is 0 Å². The lowest BCUT2D eigenvalue weighted by molar-refractivity contribution is 1.67. The van der Waals surface area contributed by atoms with Crippen molar-refractivity contribution in [1.82, 2.24) is 0 Å². The van der Waals surface area contributed by atoms with Gasteiger partial charge in [-0.1, -0.05) is 66.7 Å². The van der Waals surface area contributed by atoms with Gasteiger partial charge in [0.2, 0.25) is 0 Å². The van der Waals surface area contributed by atoms with Gasteiger partial charge in [-0.2, -0.15) is 0 Å². The Hall–Kier alpha value is -2.99. The van der Waals surface area contributed by atoms with Crippen LogP contribution in [-0.4, -0.2) is 0 Å². The molecule has 2 heterocycles. The number of fused-ring (bicyclic) bond motifs is 9. The van der Waals surface area contributed by atoms with Crippen molar-refractivity contribution in [3.05, 3.63) is 107 Å². The molecule has 0 bridgehead atoms. The van der Waals surface area contributed by atoms with Gasteiger partial charge in [-0.05, 0) is 91.7 Å². The number of hydrogen-bond acceptors (Lipinski definition) is 2. The smallest absolute Gasteiger partial charge is 0.0370 e. The Balaban J connectivity index is 1.44. The zero-order valence-corrected chi connectivity index (χ0v) is 22.3. The van der Waals surface area contributed by atoms with Gasteiger partial charge in [0, 0.05) is 43.9 Å². The van der Waals surface area contributed by atoms with Crippen LogP contribution in [0.25, 0.3) is 73.0 Å². The molecule has 0 aliphatic heterocycles. The van der Waals surface area contributed by atoms with Crippen LogP contribution in [0.4, 0.5) is 0 Å². The van der Waals surface area contributed by atoms with Crippen LogP contribution in [0.15, 0.2) is 103 Å². The SMILES string of the molecule is Ic1ccc(-c2ccc3sc4cc5sc6ccc7ccccc7c6c5cc4c3c2)c2ccccc12. The van der Waals surface area contributed by atoms with E-state index < -0.39 is 0 Å². The van der Waals surface area contributed by atoms with Gasteiger partial charge < -0.3 is 0 Å². The Morgan fingerprint density at radius 2 is 1.17 bits per heavy atom. The van der Waals surface area contributed by atoms with E-state index in [0.717, 1.165) is 0 Å². The largest absolute Gasteiger partial charge is 0.135 e. The number of halogens is 1. The number of rotatable bonds is 1. The van der Waals surface area contributed by atoms with Gasteiger partial charge >= 0.3 is 0 Å². The van der Waals surface area contributed by atoms with Gasteiger partial charge in [0.25, 0.3) is 0 Å². The average molecular weight is 593 g/mol. The van der Waals surface area contributed by atoms with Gasteiger partial charge in [0.15, 0.2) is 0 Å². The molecule has 0 fully saturated rings. The Morgan fingerprint density at radius 3 is 2.09 bits per heavy atom. The first-order valence-corrected chi connectivity index (χ1v) is 14.3. The molecule has 0 aliphatic rings. The zero-order valence-electron chi connectivity index (χ0n) is 18.5. The van der Waals surface area contributed by atoms with E-state index in [9.17, 15) is 0 Å².